The molecule has 3 nitrogen and oxygen atoms in total. The normalized spacial score (nSPS) is 21.6. The maximum Gasteiger partial charge on any atom is 0.320 e. The van der Waals surface area contributed by atoms with E-state index in [1.54, 1.807) is 0 Å². The molecule has 0 amide bonds. The van der Waals surface area contributed by atoms with E-state index in [1.807, 2.05) is 6.92 Å². The second-order valence-corrected chi connectivity index (χ2v) is 5.03. The first-order valence-corrected chi connectivity index (χ1v) is 6.64. The van der Waals surface area contributed by atoms with Crippen molar-refractivity contribution >= 4 is 5.97 Å². The van der Waals surface area contributed by atoms with Crippen LogP contribution in [0.4, 0.5) is 0 Å². The Balaban J connectivity index is 2.39. The summed E-state index contributed by atoms with van der Waals surface area (Å²) >= 11 is 0. The molecule has 2 N–H and O–H groups in total. The number of carboxylic acid groups (broad SMARTS) is 1. The zero-order valence-corrected chi connectivity index (χ0v) is 10.5. The van der Waals surface area contributed by atoms with Gasteiger partial charge >= 0.3 is 5.97 Å². The predicted octanol–water partition coefficient (Wildman–Crippen LogP) is 2.80. The molecule has 1 unspecified atom stereocenters. The van der Waals surface area contributed by atoms with Crippen LogP contribution in [0.1, 0.15) is 58.8 Å². The lowest BCUT2D eigenvalue weighted by molar-refractivity contribution is -0.140. The highest BCUT2D eigenvalue weighted by atomic mass is 16.4. The summed E-state index contributed by atoms with van der Waals surface area (Å²) in [7, 11) is 0. The summed E-state index contributed by atoms with van der Waals surface area (Å²) < 4.78 is 0. The van der Waals surface area contributed by atoms with Crippen LogP contribution in [0.5, 0.6) is 0 Å². The fraction of sp³-hybridized carbons (Fsp3) is 0.923. The molecular formula is C13H25NO2. The van der Waals surface area contributed by atoms with Crippen LogP contribution in [0, 0.1) is 5.92 Å². The van der Waals surface area contributed by atoms with E-state index >= 15 is 0 Å². The molecular weight excluding hydrogens is 202 g/mol. The second-order valence-electron chi connectivity index (χ2n) is 5.03. The molecule has 0 aromatic heterocycles. The molecule has 0 saturated heterocycles. The largest absolute Gasteiger partial charge is 0.480 e. The van der Waals surface area contributed by atoms with Crippen LogP contribution >= 0.6 is 0 Å². The van der Waals surface area contributed by atoms with Crippen molar-refractivity contribution in [2.24, 2.45) is 5.92 Å². The van der Waals surface area contributed by atoms with Gasteiger partial charge in [0, 0.05) is 6.04 Å². The molecule has 1 aliphatic rings. The van der Waals surface area contributed by atoms with Crippen LogP contribution < -0.4 is 5.32 Å². The predicted molar refractivity (Wildman–Crippen MR) is 65.5 cm³/mol. The molecule has 0 radical (unpaired) electrons. The number of nitrogens with one attached hydrogen (secondary N) is 1. The smallest absolute Gasteiger partial charge is 0.320 e. The monoisotopic (exact) mass is 227 g/mol. The summed E-state index contributed by atoms with van der Waals surface area (Å²) in [6, 6.07) is -0.0186. The number of carbonyl (C=O) groups is 1. The highest BCUT2D eigenvalue weighted by Crippen LogP contribution is 2.26. The minimum absolute atomic E-state index is 0.341. The van der Waals surface area contributed by atoms with Gasteiger partial charge in [-0.25, -0.2) is 0 Å². The topological polar surface area (TPSA) is 49.3 Å². The molecule has 0 bridgehead atoms. The molecule has 1 aliphatic carbocycles. The van der Waals surface area contributed by atoms with Gasteiger partial charge in [-0.1, -0.05) is 32.6 Å². The Morgan fingerprint density at radius 2 is 2.00 bits per heavy atom. The third-order valence-electron chi connectivity index (χ3n) is 3.70. The lowest BCUT2D eigenvalue weighted by atomic mass is 9.84. The minimum atomic E-state index is -0.704. The molecule has 1 rings (SSSR count). The molecule has 3 heteroatoms. The summed E-state index contributed by atoms with van der Waals surface area (Å²) in [6.07, 6.45) is 8.12. The summed E-state index contributed by atoms with van der Waals surface area (Å²) in [5.41, 5.74) is 0. The van der Waals surface area contributed by atoms with Crippen LogP contribution in [0.25, 0.3) is 0 Å². The number of hydrogen-bond acceptors (Lipinski definition) is 2. The molecule has 2 atom stereocenters. The van der Waals surface area contributed by atoms with E-state index in [-0.39, 0.29) is 6.04 Å². The summed E-state index contributed by atoms with van der Waals surface area (Å²) in [6.45, 7) is 4.17. The maximum atomic E-state index is 11.0. The van der Waals surface area contributed by atoms with Crippen LogP contribution in [-0.4, -0.2) is 23.2 Å². The number of carboxylic acids is 1. The average molecular weight is 227 g/mol. The summed E-state index contributed by atoms with van der Waals surface area (Å²) in [5.74, 6) is -0.0306. The Morgan fingerprint density at radius 3 is 2.50 bits per heavy atom. The quantitative estimate of drug-likeness (QED) is 0.733. The van der Waals surface area contributed by atoms with Gasteiger partial charge in [0.25, 0.3) is 0 Å². The highest BCUT2D eigenvalue weighted by molar-refractivity contribution is 5.73. The van der Waals surface area contributed by atoms with Crippen molar-refractivity contribution in [3.63, 3.8) is 0 Å². The molecule has 0 aromatic rings. The standard InChI is InChI=1S/C13H25NO2/c1-3-7-12(13(15)16)14-10(2)11-8-5-4-6-9-11/h10-12,14H,3-9H2,1-2H3,(H,15,16)/t10-,12?/m1/s1. The Bertz CT molecular complexity index is 212. The van der Waals surface area contributed by atoms with Crippen molar-refractivity contribution in [3.8, 4) is 0 Å². The lowest BCUT2D eigenvalue weighted by Gasteiger charge is -2.30. The zero-order valence-electron chi connectivity index (χ0n) is 10.5. The third-order valence-corrected chi connectivity index (χ3v) is 3.70. The zero-order chi connectivity index (χ0) is 12.0. The van der Waals surface area contributed by atoms with Gasteiger partial charge in [-0.2, -0.15) is 0 Å². The molecule has 0 aliphatic heterocycles. The van der Waals surface area contributed by atoms with Crippen LogP contribution in [0.15, 0.2) is 0 Å². The van der Waals surface area contributed by atoms with Crippen molar-refractivity contribution in [1.82, 2.24) is 5.32 Å². The summed E-state index contributed by atoms with van der Waals surface area (Å²) in [4.78, 5) is 11.0. The van der Waals surface area contributed by atoms with E-state index in [9.17, 15) is 4.79 Å². The van der Waals surface area contributed by atoms with Crippen molar-refractivity contribution in [1.29, 1.82) is 0 Å². The fourth-order valence-corrected chi connectivity index (χ4v) is 2.65. The summed E-state index contributed by atoms with van der Waals surface area (Å²) in [5, 5.41) is 12.4. The molecule has 1 saturated carbocycles. The maximum absolute atomic E-state index is 11.0. The Kier molecular flexibility index (Phi) is 5.81. The first kappa shape index (κ1) is 13.5. The van der Waals surface area contributed by atoms with E-state index in [2.05, 4.69) is 12.2 Å². The van der Waals surface area contributed by atoms with Crippen molar-refractivity contribution in [3.05, 3.63) is 0 Å². The van der Waals surface area contributed by atoms with Crippen molar-refractivity contribution in [2.75, 3.05) is 0 Å². The number of aliphatic carboxylic acids is 1. The van der Waals surface area contributed by atoms with E-state index in [0.717, 1.165) is 12.8 Å². The molecule has 0 heterocycles. The van der Waals surface area contributed by atoms with Gasteiger partial charge in [-0.15, -0.1) is 0 Å². The third kappa shape index (κ3) is 4.12. The SMILES string of the molecule is CCCC(N[C@H](C)C1CCCCC1)C(=O)O. The number of hydrogen-bond donors (Lipinski definition) is 2. The first-order valence-electron chi connectivity index (χ1n) is 6.64. The van der Waals surface area contributed by atoms with Gasteiger partial charge in [0.15, 0.2) is 0 Å². The lowest BCUT2D eigenvalue weighted by Crippen LogP contribution is -2.45. The Morgan fingerprint density at radius 1 is 1.38 bits per heavy atom. The van der Waals surface area contributed by atoms with Crippen LogP contribution in [0.2, 0.25) is 0 Å². The van der Waals surface area contributed by atoms with Gasteiger partial charge in [0.2, 0.25) is 0 Å². The fourth-order valence-electron chi connectivity index (χ4n) is 2.65. The molecule has 94 valence electrons. The van der Waals surface area contributed by atoms with Gasteiger partial charge in [0.1, 0.15) is 6.04 Å². The van der Waals surface area contributed by atoms with Crippen molar-refractivity contribution < 1.29 is 9.90 Å². The van der Waals surface area contributed by atoms with Gasteiger partial charge < -0.3 is 10.4 Å². The molecule has 0 aromatic carbocycles. The van der Waals surface area contributed by atoms with Gasteiger partial charge in [-0.05, 0) is 32.1 Å². The Labute approximate surface area is 98.6 Å². The van der Waals surface area contributed by atoms with E-state index < -0.39 is 5.97 Å². The van der Waals surface area contributed by atoms with Crippen LogP contribution in [-0.2, 0) is 4.79 Å². The van der Waals surface area contributed by atoms with Crippen LogP contribution in [0.3, 0.4) is 0 Å². The Hall–Kier alpha value is -0.570. The van der Waals surface area contributed by atoms with Crippen molar-refractivity contribution in [2.45, 2.75) is 70.9 Å². The van der Waals surface area contributed by atoms with Gasteiger partial charge in [-0.3, -0.25) is 4.79 Å². The van der Waals surface area contributed by atoms with E-state index in [4.69, 9.17) is 5.11 Å². The van der Waals surface area contributed by atoms with E-state index in [1.165, 1.54) is 32.1 Å². The second kappa shape index (κ2) is 6.89. The molecule has 16 heavy (non-hydrogen) atoms. The first-order chi connectivity index (χ1) is 7.65. The molecule has 0 spiro atoms. The number of rotatable bonds is 6. The van der Waals surface area contributed by atoms with Gasteiger partial charge in [0.05, 0.1) is 0 Å². The molecule has 1 fully saturated rings. The highest BCUT2D eigenvalue weighted by Gasteiger charge is 2.24. The van der Waals surface area contributed by atoms with E-state index in [0.29, 0.717) is 12.0 Å². The minimum Gasteiger partial charge on any atom is -0.480 e. The average Bonchev–Trinajstić information content (AvgIpc) is 2.29.